The van der Waals surface area contributed by atoms with E-state index in [9.17, 15) is 4.79 Å². The Kier molecular flexibility index (Phi) is 3.14. The number of hydrogen-bond acceptors (Lipinski definition) is 4. The van der Waals surface area contributed by atoms with E-state index < -0.39 is 0 Å². The molecule has 0 radical (unpaired) electrons. The minimum absolute atomic E-state index is 0.0104. The van der Waals surface area contributed by atoms with Gasteiger partial charge in [-0.3, -0.25) is 4.79 Å². The number of amides is 1. The van der Waals surface area contributed by atoms with Gasteiger partial charge in [-0.05, 0) is 5.41 Å². The maximum Gasteiger partial charge on any atom is 0.239 e. The van der Waals surface area contributed by atoms with Gasteiger partial charge in [0.1, 0.15) is 4.71 Å². The van der Waals surface area contributed by atoms with Crippen molar-refractivity contribution in [1.29, 1.82) is 0 Å². The van der Waals surface area contributed by atoms with E-state index in [0.29, 0.717) is 6.54 Å². The second-order valence-corrected chi connectivity index (χ2v) is 3.92. The molecule has 0 spiro atoms. The molecule has 1 heterocycles. The van der Waals surface area contributed by atoms with E-state index in [-0.39, 0.29) is 10.6 Å². The number of nitrogens with zero attached hydrogens (tertiary/aromatic N) is 1. The lowest BCUT2D eigenvalue weighted by atomic mass is 10.5. The Labute approximate surface area is 75.6 Å². The first-order chi connectivity index (χ1) is 5.24. The Hall–Kier alpha value is -0.290. The van der Waals surface area contributed by atoms with Crippen LogP contribution in [0.25, 0.3) is 0 Å². The third-order valence-corrected chi connectivity index (χ3v) is 2.80. The van der Waals surface area contributed by atoms with E-state index in [1.807, 2.05) is 16.5 Å². The first kappa shape index (κ1) is 8.80. The van der Waals surface area contributed by atoms with E-state index in [1.54, 1.807) is 18.8 Å². The number of thioether (sulfide) groups is 1. The number of nitrogens with one attached hydrogen (secondary N) is 1. The highest BCUT2D eigenvalue weighted by atomic mass is 32.2. The molecule has 11 heavy (non-hydrogen) atoms. The maximum atomic E-state index is 10.9. The third-order valence-electron chi connectivity index (χ3n) is 1.34. The zero-order valence-corrected chi connectivity index (χ0v) is 7.86. The van der Waals surface area contributed by atoms with Crippen molar-refractivity contribution in [2.24, 2.45) is 0 Å². The summed E-state index contributed by atoms with van der Waals surface area (Å²) in [5, 5.41) is 4.49. The van der Waals surface area contributed by atoms with Crippen LogP contribution < -0.4 is 5.32 Å². The average molecular weight is 190 g/mol. The Balaban J connectivity index is 2.36. The first-order valence-corrected chi connectivity index (χ1v) is 4.66. The molecule has 1 rings (SSSR count). The minimum atomic E-state index is 0.0104. The molecule has 0 fully saturated rings. The van der Waals surface area contributed by atoms with Gasteiger partial charge in [0.25, 0.3) is 0 Å². The molecule has 0 aliphatic carbocycles. The summed E-state index contributed by atoms with van der Waals surface area (Å²) in [7, 11) is 1.63. The van der Waals surface area contributed by atoms with E-state index in [2.05, 4.69) is 17.9 Å². The molecule has 0 bridgehead atoms. The summed E-state index contributed by atoms with van der Waals surface area (Å²) in [6, 6.07) is 0. The number of carbonyl (C=O) groups is 1. The number of carbonyl (C=O) groups excluding carboxylic acids is 1. The lowest BCUT2D eigenvalue weighted by molar-refractivity contribution is -0.121. The predicted molar refractivity (Wildman–Crippen MR) is 50.3 cm³/mol. The van der Waals surface area contributed by atoms with Crippen molar-refractivity contribution in [3.8, 4) is 0 Å². The summed E-state index contributed by atoms with van der Waals surface area (Å²) >= 11 is 5.83. The van der Waals surface area contributed by atoms with Crippen LogP contribution in [-0.2, 0) is 4.79 Å². The maximum absolute atomic E-state index is 10.9. The molecule has 0 aromatic rings. The monoisotopic (exact) mass is 190 g/mol. The lowest BCUT2D eigenvalue weighted by Crippen LogP contribution is -2.33. The zero-order valence-electron chi connectivity index (χ0n) is 6.15. The topological polar surface area (TPSA) is 32.3 Å². The van der Waals surface area contributed by atoms with Gasteiger partial charge in [0.05, 0.1) is 6.54 Å². The molecule has 5 heteroatoms. The lowest BCUT2D eigenvalue weighted by Gasteiger charge is -2.18. The van der Waals surface area contributed by atoms with E-state index in [0.717, 1.165) is 0 Å². The predicted octanol–water partition coefficient (Wildman–Crippen LogP) is 0.466. The second-order valence-electron chi connectivity index (χ2n) is 2.09. The van der Waals surface area contributed by atoms with Gasteiger partial charge in [-0.2, -0.15) is 0 Å². The van der Waals surface area contributed by atoms with Crippen molar-refractivity contribution >= 4 is 30.3 Å². The largest absolute Gasteiger partial charge is 0.358 e. The van der Waals surface area contributed by atoms with Gasteiger partial charge < -0.3 is 10.2 Å². The molecular formula is C6H10N2OS2. The first-order valence-electron chi connectivity index (χ1n) is 3.20. The summed E-state index contributed by atoms with van der Waals surface area (Å²) in [6.45, 7) is 0.383. The minimum Gasteiger partial charge on any atom is -0.358 e. The van der Waals surface area contributed by atoms with Gasteiger partial charge in [0.2, 0.25) is 5.91 Å². The summed E-state index contributed by atoms with van der Waals surface area (Å²) in [4.78, 5) is 12.8. The standard InChI is InChI=1S/C6H10N2OS2/c1-7-5(9)4-8-2-3-11-6(8)10/h2-3,6,10H,4H2,1H3,(H,7,9). The summed E-state index contributed by atoms with van der Waals surface area (Å²) < 4.78 is 0.0901. The Bertz CT molecular complexity index is 183. The van der Waals surface area contributed by atoms with Crippen molar-refractivity contribution in [3.63, 3.8) is 0 Å². The number of hydrogen-bond donors (Lipinski definition) is 2. The second kappa shape index (κ2) is 3.92. The summed E-state index contributed by atoms with van der Waals surface area (Å²) in [6.07, 6.45) is 1.87. The zero-order chi connectivity index (χ0) is 8.27. The van der Waals surface area contributed by atoms with E-state index in [4.69, 9.17) is 0 Å². The molecule has 1 atom stereocenters. The molecule has 62 valence electrons. The quantitative estimate of drug-likeness (QED) is 0.621. The SMILES string of the molecule is CNC(=O)CN1C=CSC1S. The summed E-state index contributed by atoms with van der Waals surface area (Å²) in [5.41, 5.74) is 0. The van der Waals surface area contributed by atoms with Gasteiger partial charge in [0.15, 0.2) is 0 Å². The highest BCUT2D eigenvalue weighted by Gasteiger charge is 2.17. The van der Waals surface area contributed by atoms with E-state index in [1.165, 1.54) is 0 Å². The Morgan fingerprint density at radius 2 is 2.64 bits per heavy atom. The van der Waals surface area contributed by atoms with Crippen molar-refractivity contribution < 1.29 is 4.79 Å². The fourth-order valence-electron chi connectivity index (χ4n) is 0.711. The van der Waals surface area contributed by atoms with Crippen LogP contribution in [0.3, 0.4) is 0 Å². The molecule has 3 nitrogen and oxygen atoms in total. The van der Waals surface area contributed by atoms with E-state index >= 15 is 0 Å². The van der Waals surface area contributed by atoms with Crippen LogP contribution in [0, 0.1) is 0 Å². The highest BCUT2D eigenvalue weighted by Crippen LogP contribution is 2.26. The molecule has 0 aromatic heterocycles. The average Bonchev–Trinajstić information content (AvgIpc) is 2.37. The van der Waals surface area contributed by atoms with Gasteiger partial charge >= 0.3 is 0 Å². The number of likely N-dealkylation sites (N-methyl/N-ethyl adjacent to an activating group) is 1. The smallest absolute Gasteiger partial charge is 0.239 e. The number of rotatable bonds is 2. The third kappa shape index (κ3) is 2.34. The molecule has 1 amide bonds. The van der Waals surface area contributed by atoms with Crippen LogP contribution in [0.2, 0.25) is 0 Å². The van der Waals surface area contributed by atoms with Crippen molar-refractivity contribution in [2.45, 2.75) is 4.71 Å². The van der Waals surface area contributed by atoms with Gasteiger partial charge in [0, 0.05) is 13.2 Å². The van der Waals surface area contributed by atoms with Crippen molar-refractivity contribution in [1.82, 2.24) is 10.2 Å². The van der Waals surface area contributed by atoms with Crippen LogP contribution in [0.4, 0.5) is 0 Å². The van der Waals surface area contributed by atoms with Gasteiger partial charge in [-0.15, -0.1) is 12.6 Å². The normalized spacial score (nSPS) is 22.4. The molecule has 1 aliphatic rings. The molecule has 1 unspecified atom stereocenters. The molecule has 0 saturated heterocycles. The van der Waals surface area contributed by atoms with Gasteiger partial charge in [-0.1, -0.05) is 11.8 Å². The van der Waals surface area contributed by atoms with Crippen LogP contribution >= 0.6 is 24.4 Å². The molecular weight excluding hydrogens is 180 g/mol. The summed E-state index contributed by atoms with van der Waals surface area (Å²) in [5.74, 6) is 0.0104. The Morgan fingerprint density at radius 1 is 1.91 bits per heavy atom. The fourth-order valence-corrected chi connectivity index (χ4v) is 1.75. The number of thiol groups is 1. The molecule has 0 aromatic carbocycles. The van der Waals surface area contributed by atoms with Crippen LogP contribution in [-0.4, -0.2) is 29.1 Å². The Morgan fingerprint density at radius 3 is 3.09 bits per heavy atom. The van der Waals surface area contributed by atoms with Gasteiger partial charge in [-0.25, -0.2) is 0 Å². The molecule has 1 N–H and O–H groups in total. The molecule has 1 aliphatic heterocycles. The fraction of sp³-hybridized carbons (Fsp3) is 0.500. The highest BCUT2D eigenvalue weighted by molar-refractivity contribution is 8.12. The van der Waals surface area contributed by atoms with Crippen LogP contribution in [0.1, 0.15) is 0 Å². The van der Waals surface area contributed by atoms with Crippen molar-refractivity contribution in [3.05, 3.63) is 11.6 Å². The molecule has 0 saturated carbocycles. The van der Waals surface area contributed by atoms with Crippen molar-refractivity contribution in [2.75, 3.05) is 13.6 Å². The van der Waals surface area contributed by atoms with Crippen LogP contribution in [0.15, 0.2) is 11.6 Å². The van der Waals surface area contributed by atoms with Crippen LogP contribution in [0.5, 0.6) is 0 Å².